The van der Waals surface area contributed by atoms with Crippen LogP contribution in [0.2, 0.25) is 0 Å². The minimum atomic E-state index is -0.112. The second kappa shape index (κ2) is 10.4. The summed E-state index contributed by atoms with van der Waals surface area (Å²) in [4.78, 5) is 26.0. The summed E-state index contributed by atoms with van der Waals surface area (Å²) in [5.74, 6) is 2.34. The third-order valence-corrected chi connectivity index (χ3v) is 5.76. The molecule has 1 atom stereocenters. The molecule has 0 bridgehead atoms. The molecule has 0 saturated carbocycles. The van der Waals surface area contributed by atoms with E-state index >= 15 is 0 Å². The van der Waals surface area contributed by atoms with Gasteiger partial charge in [-0.1, -0.05) is 18.2 Å². The SMILES string of the molecule is COc1cccc(Cc2cnc(C3CCCCN3C(=O)CN(C)Cc3ccccn3)o2)c1. The van der Waals surface area contributed by atoms with Gasteiger partial charge < -0.3 is 14.1 Å². The molecule has 1 aromatic carbocycles. The Hall–Kier alpha value is -3.19. The molecule has 0 N–H and O–H groups in total. The van der Waals surface area contributed by atoms with Gasteiger partial charge in [-0.15, -0.1) is 0 Å². The van der Waals surface area contributed by atoms with Crippen molar-refractivity contribution in [1.29, 1.82) is 0 Å². The summed E-state index contributed by atoms with van der Waals surface area (Å²) in [5.41, 5.74) is 2.05. The highest BCUT2D eigenvalue weighted by molar-refractivity contribution is 5.78. The molecule has 7 nitrogen and oxygen atoms in total. The van der Waals surface area contributed by atoms with Gasteiger partial charge in [-0.3, -0.25) is 14.7 Å². The van der Waals surface area contributed by atoms with Gasteiger partial charge in [0.2, 0.25) is 11.8 Å². The van der Waals surface area contributed by atoms with E-state index in [1.807, 2.05) is 59.3 Å². The van der Waals surface area contributed by atoms with Gasteiger partial charge in [0, 0.05) is 25.7 Å². The molecule has 3 aromatic rings. The molecule has 3 heterocycles. The normalized spacial score (nSPS) is 16.3. The fourth-order valence-electron chi connectivity index (χ4n) is 4.17. The molecule has 4 rings (SSSR count). The Morgan fingerprint density at radius 3 is 2.94 bits per heavy atom. The summed E-state index contributed by atoms with van der Waals surface area (Å²) in [6.07, 6.45) is 7.12. The second-order valence-corrected chi connectivity index (χ2v) is 8.29. The van der Waals surface area contributed by atoms with Crippen LogP contribution in [0.5, 0.6) is 5.75 Å². The number of oxazole rings is 1. The molecule has 7 heteroatoms. The van der Waals surface area contributed by atoms with Gasteiger partial charge in [0.05, 0.1) is 25.5 Å². The van der Waals surface area contributed by atoms with Crippen molar-refractivity contribution >= 4 is 5.91 Å². The van der Waals surface area contributed by atoms with Gasteiger partial charge >= 0.3 is 0 Å². The van der Waals surface area contributed by atoms with E-state index in [1.165, 1.54) is 0 Å². The standard InChI is InChI=1S/C25H30N4O3/c1-28(17-20-9-3-5-12-26-20)18-24(30)29-13-6-4-11-23(29)25-27-16-22(32-25)15-19-8-7-10-21(14-19)31-2/h3,5,7-10,12,14,16,23H,4,6,11,13,15,17-18H2,1-2H3. The Labute approximate surface area is 189 Å². The Morgan fingerprint density at radius 1 is 1.22 bits per heavy atom. The van der Waals surface area contributed by atoms with Crippen LogP contribution in [0.15, 0.2) is 59.3 Å². The van der Waals surface area contributed by atoms with E-state index < -0.39 is 0 Å². The first kappa shape index (κ1) is 22.0. The highest BCUT2D eigenvalue weighted by Gasteiger charge is 2.31. The number of likely N-dealkylation sites (tertiary alicyclic amines) is 1. The maximum atomic E-state index is 13.1. The molecule has 2 aromatic heterocycles. The molecule has 0 aliphatic carbocycles. The van der Waals surface area contributed by atoms with Crippen molar-refractivity contribution in [3.63, 3.8) is 0 Å². The third kappa shape index (κ3) is 5.53. The number of methoxy groups -OCH3 is 1. The Kier molecular flexibility index (Phi) is 7.17. The van der Waals surface area contributed by atoms with Crippen molar-refractivity contribution in [1.82, 2.24) is 19.8 Å². The monoisotopic (exact) mass is 434 g/mol. The van der Waals surface area contributed by atoms with E-state index in [-0.39, 0.29) is 11.9 Å². The lowest BCUT2D eigenvalue weighted by atomic mass is 10.0. The fraction of sp³-hybridized carbons (Fsp3) is 0.400. The van der Waals surface area contributed by atoms with Crippen molar-refractivity contribution in [3.05, 3.63) is 77.8 Å². The molecular weight excluding hydrogens is 404 g/mol. The zero-order valence-corrected chi connectivity index (χ0v) is 18.7. The van der Waals surface area contributed by atoms with Crippen molar-refractivity contribution < 1.29 is 13.9 Å². The number of aromatic nitrogens is 2. The Bertz CT molecular complexity index is 1020. The van der Waals surface area contributed by atoms with Crippen molar-refractivity contribution in [2.75, 3.05) is 27.2 Å². The molecule has 1 aliphatic rings. The zero-order chi connectivity index (χ0) is 22.3. The maximum absolute atomic E-state index is 13.1. The molecule has 1 saturated heterocycles. The lowest BCUT2D eigenvalue weighted by molar-refractivity contribution is -0.136. The smallest absolute Gasteiger partial charge is 0.237 e. The molecular formula is C25H30N4O3. The van der Waals surface area contributed by atoms with Gasteiger partial charge in [-0.2, -0.15) is 0 Å². The number of carbonyl (C=O) groups excluding carboxylic acids is 1. The number of nitrogens with zero attached hydrogens (tertiary/aromatic N) is 4. The van der Waals surface area contributed by atoms with E-state index in [1.54, 1.807) is 19.5 Å². The lowest BCUT2D eigenvalue weighted by Gasteiger charge is -2.34. The predicted molar refractivity (Wildman–Crippen MR) is 121 cm³/mol. The first-order chi connectivity index (χ1) is 15.6. The summed E-state index contributed by atoms with van der Waals surface area (Å²) in [5, 5.41) is 0. The van der Waals surface area contributed by atoms with E-state index in [0.29, 0.717) is 25.4 Å². The average Bonchev–Trinajstić information content (AvgIpc) is 3.28. The van der Waals surface area contributed by atoms with Crippen LogP contribution in [-0.2, 0) is 17.8 Å². The topological polar surface area (TPSA) is 71.7 Å². The highest BCUT2D eigenvalue weighted by atomic mass is 16.5. The highest BCUT2D eigenvalue weighted by Crippen LogP contribution is 2.31. The number of piperidine rings is 1. The van der Waals surface area contributed by atoms with Gasteiger partial charge in [-0.05, 0) is 56.1 Å². The van der Waals surface area contributed by atoms with Crippen LogP contribution >= 0.6 is 0 Å². The van der Waals surface area contributed by atoms with Crippen LogP contribution in [0.4, 0.5) is 0 Å². The number of rotatable bonds is 8. The number of benzene rings is 1. The van der Waals surface area contributed by atoms with Gasteiger partial charge in [0.25, 0.3) is 0 Å². The van der Waals surface area contributed by atoms with Crippen LogP contribution in [0.25, 0.3) is 0 Å². The largest absolute Gasteiger partial charge is 0.497 e. The van der Waals surface area contributed by atoms with E-state index in [4.69, 9.17) is 9.15 Å². The summed E-state index contributed by atoms with van der Waals surface area (Å²) in [7, 11) is 3.61. The summed E-state index contributed by atoms with van der Waals surface area (Å²) < 4.78 is 11.4. The van der Waals surface area contributed by atoms with Crippen LogP contribution < -0.4 is 4.74 Å². The summed E-state index contributed by atoms with van der Waals surface area (Å²) in [6, 6.07) is 13.6. The molecule has 0 spiro atoms. The van der Waals surface area contributed by atoms with Crippen molar-refractivity contribution in [3.8, 4) is 5.75 Å². The first-order valence-electron chi connectivity index (χ1n) is 11.1. The quantitative estimate of drug-likeness (QED) is 0.536. The molecule has 1 unspecified atom stereocenters. The molecule has 1 fully saturated rings. The fourth-order valence-corrected chi connectivity index (χ4v) is 4.17. The second-order valence-electron chi connectivity index (χ2n) is 8.29. The molecule has 168 valence electrons. The number of carbonyl (C=O) groups is 1. The average molecular weight is 435 g/mol. The Balaban J connectivity index is 1.41. The number of amides is 1. The van der Waals surface area contributed by atoms with Gasteiger partial charge in [0.1, 0.15) is 17.6 Å². The summed E-state index contributed by atoms with van der Waals surface area (Å²) in [6.45, 7) is 1.70. The molecule has 1 amide bonds. The van der Waals surface area contributed by atoms with Gasteiger partial charge in [0.15, 0.2) is 0 Å². The summed E-state index contributed by atoms with van der Waals surface area (Å²) >= 11 is 0. The maximum Gasteiger partial charge on any atom is 0.237 e. The number of hydrogen-bond donors (Lipinski definition) is 0. The van der Waals surface area contributed by atoms with Crippen molar-refractivity contribution in [2.24, 2.45) is 0 Å². The number of hydrogen-bond acceptors (Lipinski definition) is 6. The minimum absolute atomic E-state index is 0.0978. The number of pyridine rings is 1. The van der Waals surface area contributed by atoms with Gasteiger partial charge in [-0.25, -0.2) is 4.98 Å². The number of likely N-dealkylation sites (N-methyl/N-ethyl adjacent to an activating group) is 1. The first-order valence-corrected chi connectivity index (χ1v) is 11.1. The predicted octanol–water partition coefficient (Wildman–Crippen LogP) is 3.85. The Morgan fingerprint density at radius 2 is 2.12 bits per heavy atom. The molecule has 1 aliphatic heterocycles. The molecule has 32 heavy (non-hydrogen) atoms. The van der Waals surface area contributed by atoms with Crippen LogP contribution in [0.1, 0.15) is 48.2 Å². The molecule has 0 radical (unpaired) electrons. The zero-order valence-electron chi connectivity index (χ0n) is 18.7. The van der Waals surface area contributed by atoms with Crippen LogP contribution in [-0.4, -0.2) is 52.9 Å². The lowest BCUT2D eigenvalue weighted by Crippen LogP contribution is -2.43. The van der Waals surface area contributed by atoms with E-state index in [0.717, 1.165) is 48.6 Å². The number of ether oxygens (including phenoxy) is 1. The minimum Gasteiger partial charge on any atom is -0.497 e. The third-order valence-electron chi connectivity index (χ3n) is 5.76. The van der Waals surface area contributed by atoms with Crippen molar-refractivity contribution in [2.45, 2.75) is 38.3 Å². The van der Waals surface area contributed by atoms with E-state index in [2.05, 4.69) is 9.97 Å². The van der Waals surface area contributed by atoms with Crippen LogP contribution in [0.3, 0.4) is 0 Å². The van der Waals surface area contributed by atoms with Crippen LogP contribution in [0, 0.1) is 0 Å². The van der Waals surface area contributed by atoms with E-state index in [9.17, 15) is 4.79 Å².